The maximum absolute atomic E-state index is 12.9. The number of hydrogen-bond acceptors (Lipinski definition) is 6. The van der Waals surface area contributed by atoms with E-state index in [0.29, 0.717) is 0 Å². The third kappa shape index (κ3) is 5.31. The Bertz CT molecular complexity index is 933. The second-order valence-corrected chi connectivity index (χ2v) is 5.97. The molecule has 0 atom stereocenters. The van der Waals surface area contributed by atoms with Crippen LogP contribution in [0.1, 0.15) is 15.9 Å². The molecule has 2 rings (SSSR count). The molecule has 0 spiro atoms. The van der Waals surface area contributed by atoms with E-state index in [0.717, 1.165) is 0 Å². The topological polar surface area (TPSA) is 127 Å². The molecule has 0 saturated heterocycles. The van der Waals surface area contributed by atoms with Crippen LogP contribution in [0.2, 0.25) is 5.02 Å². The number of amides is 1. The highest BCUT2D eigenvalue weighted by molar-refractivity contribution is 6.33. The van der Waals surface area contributed by atoms with Gasteiger partial charge in [-0.05, 0) is 12.1 Å². The van der Waals surface area contributed by atoms with Crippen LogP contribution in [-0.4, -0.2) is 28.8 Å². The Morgan fingerprint density at radius 3 is 2.07 bits per heavy atom. The fourth-order valence-electron chi connectivity index (χ4n) is 2.35. The second-order valence-electron chi connectivity index (χ2n) is 5.56. The zero-order valence-electron chi connectivity index (χ0n) is 14.3. The van der Waals surface area contributed by atoms with E-state index < -0.39 is 44.6 Å². The number of alkyl halides is 3. The first-order valence-corrected chi connectivity index (χ1v) is 8.20. The van der Waals surface area contributed by atoms with Crippen molar-refractivity contribution in [3.05, 3.63) is 72.8 Å². The SMILES string of the molecule is O=C(NCCNc1c([N+](=O)[O-])cc(C(F)(F)F)cc1[N+](=O)[O-])c1ccccc1Cl. The van der Waals surface area contributed by atoms with Gasteiger partial charge in [-0.15, -0.1) is 0 Å². The fourth-order valence-corrected chi connectivity index (χ4v) is 2.57. The standard InChI is InChI=1S/C16H12ClF3N4O5/c17-11-4-2-1-3-10(11)15(25)22-6-5-21-14-12(23(26)27)7-9(16(18,19)20)8-13(14)24(28)29/h1-4,7-8,21H,5-6H2,(H,22,25). The van der Waals surface area contributed by atoms with Gasteiger partial charge in [0.05, 0.1) is 26.0 Å². The van der Waals surface area contributed by atoms with Gasteiger partial charge in [-0.25, -0.2) is 0 Å². The molecule has 29 heavy (non-hydrogen) atoms. The number of nitrogens with zero attached hydrogens (tertiary/aromatic N) is 2. The van der Waals surface area contributed by atoms with Gasteiger partial charge in [-0.2, -0.15) is 13.2 Å². The van der Waals surface area contributed by atoms with Crippen molar-refractivity contribution in [1.29, 1.82) is 0 Å². The van der Waals surface area contributed by atoms with Gasteiger partial charge < -0.3 is 10.6 Å². The van der Waals surface area contributed by atoms with Crippen molar-refractivity contribution in [2.75, 3.05) is 18.4 Å². The van der Waals surface area contributed by atoms with E-state index in [-0.39, 0.29) is 35.8 Å². The number of carbonyl (C=O) groups is 1. The van der Waals surface area contributed by atoms with Gasteiger partial charge in [0.25, 0.3) is 17.3 Å². The minimum absolute atomic E-state index is 0.139. The van der Waals surface area contributed by atoms with Crippen molar-refractivity contribution in [2.45, 2.75) is 6.18 Å². The van der Waals surface area contributed by atoms with E-state index in [4.69, 9.17) is 11.6 Å². The summed E-state index contributed by atoms with van der Waals surface area (Å²) in [4.78, 5) is 32.0. The quantitative estimate of drug-likeness (QED) is 0.386. The van der Waals surface area contributed by atoms with Crippen LogP contribution in [0, 0.1) is 20.2 Å². The van der Waals surface area contributed by atoms with E-state index in [1.807, 2.05) is 0 Å². The molecule has 154 valence electrons. The lowest BCUT2D eigenvalue weighted by molar-refractivity contribution is -0.392. The average molecular weight is 433 g/mol. The molecule has 0 saturated carbocycles. The van der Waals surface area contributed by atoms with E-state index in [2.05, 4.69) is 10.6 Å². The summed E-state index contributed by atoms with van der Waals surface area (Å²) in [7, 11) is 0. The zero-order chi connectivity index (χ0) is 21.8. The summed E-state index contributed by atoms with van der Waals surface area (Å²) in [5.74, 6) is -0.561. The van der Waals surface area contributed by atoms with Gasteiger partial charge >= 0.3 is 6.18 Å². The maximum atomic E-state index is 12.9. The average Bonchev–Trinajstić information content (AvgIpc) is 2.63. The molecular formula is C16H12ClF3N4O5. The zero-order valence-corrected chi connectivity index (χ0v) is 15.1. The molecule has 1 amide bonds. The number of anilines is 1. The number of nitro groups is 2. The Morgan fingerprint density at radius 2 is 1.59 bits per heavy atom. The highest BCUT2D eigenvalue weighted by Gasteiger charge is 2.37. The molecule has 2 N–H and O–H groups in total. The van der Waals surface area contributed by atoms with Crippen molar-refractivity contribution < 1.29 is 27.8 Å². The predicted molar refractivity (Wildman–Crippen MR) is 97.0 cm³/mol. The molecule has 9 nitrogen and oxygen atoms in total. The summed E-state index contributed by atoms with van der Waals surface area (Å²) in [6, 6.07) is 6.55. The molecule has 0 aliphatic heterocycles. The van der Waals surface area contributed by atoms with Crippen LogP contribution in [0.4, 0.5) is 30.2 Å². The van der Waals surface area contributed by atoms with Gasteiger partial charge in [0.1, 0.15) is 0 Å². The van der Waals surface area contributed by atoms with Crippen molar-refractivity contribution >= 4 is 34.6 Å². The van der Waals surface area contributed by atoms with Crippen molar-refractivity contribution in [1.82, 2.24) is 5.32 Å². The number of rotatable bonds is 7. The third-order valence-corrected chi connectivity index (χ3v) is 3.98. The van der Waals surface area contributed by atoms with Gasteiger partial charge in [0, 0.05) is 25.2 Å². The molecular weight excluding hydrogens is 421 g/mol. The Labute approximate surface area is 165 Å². The van der Waals surface area contributed by atoms with Gasteiger partial charge in [-0.1, -0.05) is 23.7 Å². The van der Waals surface area contributed by atoms with Crippen LogP contribution in [0.25, 0.3) is 0 Å². The normalized spacial score (nSPS) is 11.0. The first kappa shape index (κ1) is 21.9. The Balaban J connectivity index is 2.19. The summed E-state index contributed by atoms with van der Waals surface area (Å²) in [5, 5.41) is 27.2. The smallest absolute Gasteiger partial charge is 0.372 e. The predicted octanol–water partition coefficient (Wildman–Crippen LogP) is 4.02. The summed E-state index contributed by atoms with van der Waals surface area (Å²) >= 11 is 5.87. The molecule has 0 unspecified atom stereocenters. The minimum Gasteiger partial charge on any atom is -0.372 e. The first-order chi connectivity index (χ1) is 13.5. The summed E-state index contributed by atoms with van der Waals surface area (Å²) < 4.78 is 38.6. The summed E-state index contributed by atoms with van der Waals surface area (Å²) in [5.41, 5.74) is -4.26. The first-order valence-electron chi connectivity index (χ1n) is 7.83. The molecule has 0 aliphatic rings. The largest absolute Gasteiger partial charge is 0.416 e. The second kappa shape index (κ2) is 8.73. The molecule has 0 heterocycles. The molecule has 0 radical (unpaired) electrons. The highest BCUT2D eigenvalue weighted by Crippen LogP contribution is 2.41. The molecule has 2 aromatic rings. The third-order valence-electron chi connectivity index (χ3n) is 3.65. The number of nitrogens with one attached hydrogen (secondary N) is 2. The van der Waals surface area contributed by atoms with E-state index >= 15 is 0 Å². The number of benzene rings is 2. The molecule has 0 aliphatic carbocycles. The van der Waals surface area contributed by atoms with Crippen LogP contribution in [-0.2, 0) is 6.18 Å². The number of halogens is 4. The Morgan fingerprint density at radius 1 is 1.03 bits per heavy atom. The molecule has 0 fully saturated rings. The van der Waals surface area contributed by atoms with Crippen LogP contribution in [0.3, 0.4) is 0 Å². The van der Waals surface area contributed by atoms with Crippen LogP contribution < -0.4 is 10.6 Å². The fraction of sp³-hybridized carbons (Fsp3) is 0.188. The Kier molecular flexibility index (Phi) is 6.59. The summed E-state index contributed by atoms with van der Waals surface area (Å²) in [6.07, 6.45) is -5.00. The van der Waals surface area contributed by atoms with Crippen molar-refractivity contribution in [3.63, 3.8) is 0 Å². The minimum atomic E-state index is -5.00. The van der Waals surface area contributed by atoms with Crippen molar-refractivity contribution in [2.24, 2.45) is 0 Å². The van der Waals surface area contributed by atoms with Gasteiger partial charge in [0.2, 0.25) is 0 Å². The number of nitro benzene ring substituents is 2. The van der Waals surface area contributed by atoms with Gasteiger partial charge in [0.15, 0.2) is 5.69 Å². The number of hydrogen-bond donors (Lipinski definition) is 2. The van der Waals surface area contributed by atoms with Crippen LogP contribution in [0.15, 0.2) is 36.4 Å². The molecule has 0 bridgehead atoms. The van der Waals surface area contributed by atoms with E-state index in [1.165, 1.54) is 12.1 Å². The van der Waals surface area contributed by atoms with E-state index in [9.17, 15) is 38.2 Å². The maximum Gasteiger partial charge on any atom is 0.416 e. The van der Waals surface area contributed by atoms with E-state index in [1.54, 1.807) is 12.1 Å². The van der Waals surface area contributed by atoms with Gasteiger partial charge in [-0.3, -0.25) is 25.0 Å². The Hall–Kier alpha value is -3.41. The van der Waals surface area contributed by atoms with Crippen molar-refractivity contribution in [3.8, 4) is 0 Å². The monoisotopic (exact) mass is 432 g/mol. The number of carbonyl (C=O) groups excluding carboxylic acids is 1. The van der Waals surface area contributed by atoms with Crippen LogP contribution in [0.5, 0.6) is 0 Å². The summed E-state index contributed by atoms with van der Waals surface area (Å²) in [6.45, 7) is -0.372. The lowest BCUT2D eigenvalue weighted by Gasteiger charge is -2.12. The molecule has 2 aromatic carbocycles. The highest BCUT2D eigenvalue weighted by atomic mass is 35.5. The molecule has 0 aromatic heterocycles. The molecule has 13 heteroatoms. The van der Waals surface area contributed by atoms with Crippen LogP contribution >= 0.6 is 11.6 Å². The lowest BCUT2D eigenvalue weighted by atomic mass is 10.1. The lowest BCUT2D eigenvalue weighted by Crippen LogP contribution is -2.29.